The van der Waals surface area contributed by atoms with Gasteiger partial charge in [-0.2, -0.15) is 0 Å². The molecule has 2 aliphatic heterocycles. The number of ether oxygens (including phenoxy) is 1. The van der Waals surface area contributed by atoms with E-state index in [0.717, 1.165) is 17.0 Å². The van der Waals surface area contributed by atoms with Gasteiger partial charge < -0.3 is 19.4 Å². The van der Waals surface area contributed by atoms with Gasteiger partial charge in [0, 0.05) is 42.5 Å². The van der Waals surface area contributed by atoms with E-state index < -0.39 is 10.8 Å². The van der Waals surface area contributed by atoms with Gasteiger partial charge in [-0.15, -0.1) is 0 Å². The number of nitrogens with zero attached hydrogens (tertiary/aromatic N) is 3. The van der Waals surface area contributed by atoms with Crippen LogP contribution in [0.1, 0.15) is 26.3 Å². The van der Waals surface area contributed by atoms with Gasteiger partial charge in [0.05, 0.1) is 45.5 Å². The van der Waals surface area contributed by atoms with Crippen molar-refractivity contribution in [3.63, 3.8) is 0 Å². The first-order valence-corrected chi connectivity index (χ1v) is 14.8. The number of carbonyl (C=O) groups is 2. The molecular weight excluding hydrogens is 558 g/mol. The Labute approximate surface area is 246 Å². The molecule has 1 fully saturated rings. The summed E-state index contributed by atoms with van der Waals surface area (Å²) in [5.74, 6) is 0.423. The quantitative estimate of drug-likeness (QED) is 0.303. The minimum atomic E-state index is -1.59. The Morgan fingerprint density at radius 1 is 0.878 bits per heavy atom. The van der Waals surface area contributed by atoms with Crippen molar-refractivity contribution >= 4 is 45.6 Å². The highest BCUT2D eigenvalue weighted by molar-refractivity contribution is 7.85. The molecular formula is C32H28ClN3O4S. The Morgan fingerprint density at radius 3 is 2.29 bits per heavy atom. The monoisotopic (exact) mass is 585 g/mol. The molecule has 0 bridgehead atoms. The van der Waals surface area contributed by atoms with E-state index in [0.29, 0.717) is 57.8 Å². The number of carbonyl (C=O) groups excluding carboxylic acids is 2. The number of anilines is 2. The minimum Gasteiger partial charge on any atom is -0.497 e. The highest BCUT2D eigenvalue weighted by atomic mass is 35.5. The lowest BCUT2D eigenvalue weighted by atomic mass is 10.1. The highest BCUT2D eigenvalue weighted by Crippen LogP contribution is 2.36. The zero-order chi connectivity index (χ0) is 28.5. The minimum absolute atomic E-state index is 0.117. The van der Waals surface area contributed by atoms with Gasteiger partial charge in [-0.3, -0.25) is 9.59 Å². The van der Waals surface area contributed by atoms with Crippen LogP contribution in [0, 0.1) is 0 Å². The van der Waals surface area contributed by atoms with Gasteiger partial charge in [0.25, 0.3) is 11.8 Å². The SMILES string of the molecule is COc1ccc(N2CCN(C(=O)c3ccc4c(c3)N(Cc3ccc(Cl)cc3)C(=O)c3ccccc3[S@]4=O)CC2)cc1. The zero-order valence-electron chi connectivity index (χ0n) is 22.5. The number of amides is 2. The summed E-state index contributed by atoms with van der Waals surface area (Å²) in [5, 5.41) is 0.600. The van der Waals surface area contributed by atoms with Crippen LogP contribution in [-0.4, -0.2) is 54.2 Å². The third-order valence-electron chi connectivity index (χ3n) is 7.52. The number of methoxy groups -OCH3 is 1. The lowest BCUT2D eigenvalue weighted by molar-refractivity contribution is 0.0746. The van der Waals surface area contributed by atoms with Crippen LogP contribution in [0.25, 0.3) is 0 Å². The van der Waals surface area contributed by atoms with Crippen molar-refractivity contribution < 1.29 is 18.5 Å². The van der Waals surface area contributed by atoms with Crippen molar-refractivity contribution in [3.05, 3.63) is 113 Å². The molecule has 41 heavy (non-hydrogen) atoms. The number of hydrogen-bond donors (Lipinski definition) is 0. The van der Waals surface area contributed by atoms with E-state index in [4.69, 9.17) is 16.3 Å². The van der Waals surface area contributed by atoms with Crippen molar-refractivity contribution in [2.24, 2.45) is 0 Å². The van der Waals surface area contributed by atoms with Gasteiger partial charge in [0.1, 0.15) is 5.75 Å². The molecule has 1 saturated heterocycles. The van der Waals surface area contributed by atoms with Gasteiger partial charge in [0.15, 0.2) is 0 Å². The molecule has 2 heterocycles. The molecule has 7 nitrogen and oxygen atoms in total. The van der Waals surface area contributed by atoms with E-state index in [2.05, 4.69) is 4.90 Å². The predicted molar refractivity (Wildman–Crippen MR) is 161 cm³/mol. The average Bonchev–Trinajstić information content (AvgIpc) is 3.11. The van der Waals surface area contributed by atoms with E-state index in [-0.39, 0.29) is 18.4 Å². The Morgan fingerprint density at radius 2 is 1.59 bits per heavy atom. The second kappa shape index (κ2) is 11.4. The Balaban J connectivity index is 1.29. The van der Waals surface area contributed by atoms with Crippen molar-refractivity contribution in [1.29, 1.82) is 0 Å². The number of benzene rings is 4. The summed E-state index contributed by atoms with van der Waals surface area (Å²) in [5.41, 5.74) is 3.27. The molecule has 2 amide bonds. The van der Waals surface area contributed by atoms with Crippen LogP contribution < -0.4 is 14.5 Å². The molecule has 1 atom stereocenters. The fraction of sp³-hybridized carbons (Fsp3) is 0.188. The number of halogens is 1. The summed E-state index contributed by atoms with van der Waals surface area (Å²) in [6.07, 6.45) is 0. The second-order valence-electron chi connectivity index (χ2n) is 9.94. The molecule has 9 heteroatoms. The van der Waals surface area contributed by atoms with Gasteiger partial charge in [-0.1, -0.05) is 35.9 Å². The number of rotatable bonds is 5. The van der Waals surface area contributed by atoms with Crippen LogP contribution in [0.5, 0.6) is 5.75 Å². The van der Waals surface area contributed by atoms with Crippen molar-refractivity contribution in [1.82, 2.24) is 4.90 Å². The Hall–Kier alpha value is -4.14. The van der Waals surface area contributed by atoms with Gasteiger partial charge in [-0.25, -0.2) is 4.21 Å². The van der Waals surface area contributed by atoms with Crippen molar-refractivity contribution in [3.8, 4) is 5.75 Å². The van der Waals surface area contributed by atoms with E-state index in [9.17, 15) is 13.8 Å². The van der Waals surface area contributed by atoms with Gasteiger partial charge >= 0.3 is 0 Å². The fourth-order valence-electron chi connectivity index (χ4n) is 5.27. The topological polar surface area (TPSA) is 70.2 Å². The Bertz CT molecular complexity index is 1630. The van der Waals surface area contributed by atoms with Crippen molar-refractivity contribution in [2.45, 2.75) is 16.3 Å². The largest absolute Gasteiger partial charge is 0.497 e. The standard InChI is InChI=1S/C32H28ClN3O4S/c1-40-26-13-11-25(12-14-26)34-16-18-35(19-17-34)31(37)23-8-15-30-28(20-23)36(21-22-6-9-24(33)10-7-22)32(38)27-4-2-3-5-29(27)41(30)39/h2-15,20H,16-19,21H2,1H3/t41-/m1/s1. The smallest absolute Gasteiger partial charge is 0.259 e. The summed E-state index contributed by atoms with van der Waals surface area (Å²) < 4.78 is 19.0. The first-order chi connectivity index (χ1) is 19.9. The maximum atomic E-state index is 13.9. The molecule has 0 unspecified atom stereocenters. The first-order valence-electron chi connectivity index (χ1n) is 13.3. The van der Waals surface area contributed by atoms with E-state index in [1.807, 2.05) is 41.3 Å². The summed E-state index contributed by atoms with van der Waals surface area (Å²) in [4.78, 5) is 34.2. The predicted octanol–water partition coefficient (Wildman–Crippen LogP) is 5.64. The molecule has 6 rings (SSSR count). The van der Waals surface area contributed by atoms with Crippen LogP contribution in [0.15, 0.2) is 101 Å². The number of piperazine rings is 1. The summed E-state index contributed by atoms with van der Waals surface area (Å²) in [7, 11) is 0.0547. The molecule has 0 spiro atoms. The third-order valence-corrected chi connectivity index (χ3v) is 9.27. The fourth-order valence-corrected chi connectivity index (χ4v) is 6.74. The summed E-state index contributed by atoms with van der Waals surface area (Å²) >= 11 is 6.09. The van der Waals surface area contributed by atoms with Crippen molar-refractivity contribution in [2.75, 3.05) is 43.1 Å². The first kappa shape index (κ1) is 27.1. The maximum absolute atomic E-state index is 13.9. The molecule has 2 aliphatic rings. The second-order valence-corrected chi connectivity index (χ2v) is 11.8. The van der Waals surface area contributed by atoms with E-state index in [1.165, 1.54) is 0 Å². The van der Waals surface area contributed by atoms with E-state index >= 15 is 0 Å². The number of fused-ring (bicyclic) bond motifs is 2. The van der Waals surface area contributed by atoms with Crippen LogP contribution >= 0.6 is 11.6 Å². The highest BCUT2D eigenvalue weighted by Gasteiger charge is 2.32. The summed E-state index contributed by atoms with van der Waals surface area (Å²) in [6.45, 7) is 2.76. The molecule has 0 radical (unpaired) electrons. The molecule has 0 N–H and O–H groups in total. The molecule has 208 valence electrons. The summed E-state index contributed by atoms with van der Waals surface area (Å²) in [6, 6.07) is 27.3. The normalized spacial score (nSPS) is 16.6. The molecule has 4 aromatic carbocycles. The molecule has 4 aromatic rings. The maximum Gasteiger partial charge on any atom is 0.259 e. The number of hydrogen-bond acceptors (Lipinski definition) is 5. The van der Waals surface area contributed by atoms with Gasteiger partial charge in [0.2, 0.25) is 0 Å². The molecule has 0 saturated carbocycles. The van der Waals surface area contributed by atoms with Crippen LogP contribution in [0.2, 0.25) is 5.02 Å². The van der Waals surface area contributed by atoms with E-state index in [1.54, 1.807) is 66.6 Å². The zero-order valence-corrected chi connectivity index (χ0v) is 24.0. The third kappa shape index (κ3) is 5.33. The van der Waals surface area contributed by atoms with Crippen LogP contribution in [0.3, 0.4) is 0 Å². The molecule has 0 aromatic heterocycles. The van der Waals surface area contributed by atoms with Crippen LogP contribution in [-0.2, 0) is 17.3 Å². The average molecular weight is 586 g/mol. The Kier molecular flexibility index (Phi) is 7.51. The molecule has 0 aliphatic carbocycles. The van der Waals surface area contributed by atoms with Crippen LogP contribution in [0.4, 0.5) is 11.4 Å². The lowest BCUT2D eigenvalue weighted by Gasteiger charge is -2.36. The lowest BCUT2D eigenvalue weighted by Crippen LogP contribution is -2.48. The van der Waals surface area contributed by atoms with Gasteiger partial charge in [-0.05, 0) is 72.3 Å².